The number of benzene rings is 2. The quantitative estimate of drug-likeness (QED) is 0.768. The minimum Gasteiger partial charge on any atom is -0.492 e. The summed E-state index contributed by atoms with van der Waals surface area (Å²) in [4.78, 5) is 15.6. The van der Waals surface area contributed by atoms with Gasteiger partial charge in [0.2, 0.25) is 0 Å². The molecule has 0 aliphatic carbocycles. The van der Waals surface area contributed by atoms with E-state index < -0.39 is 0 Å². The van der Waals surface area contributed by atoms with Crippen LogP contribution in [0.4, 0.5) is 5.69 Å². The number of carbonyl (C=O) groups is 1. The third-order valence-corrected chi connectivity index (χ3v) is 4.16. The Balaban J connectivity index is 1.41. The summed E-state index contributed by atoms with van der Waals surface area (Å²) in [6, 6.07) is 17.8. The lowest BCUT2D eigenvalue weighted by atomic mass is 10.2. The summed E-state index contributed by atoms with van der Waals surface area (Å²) < 4.78 is 5.75. The van der Waals surface area contributed by atoms with Crippen molar-refractivity contribution in [2.24, 2.45) is 0 Å². The molecule has 1 saturated heterocycles. The zero-order chi connectivity index (χ0) is 15.9. The lowest BCUT2D eigenvalue weighted by molar-refractivity contribution is 0.112. The topological polar surface area (TPSA) is 32.8 Å². The van der Waals surface area contributed by atoms with Gasteiger partial charge in [0.05, 0.1) is 0 Å². The molecule has 0 saturated carbocycles. The molecule has 3 rings (SSSR count). The second-order valence-electron chi connectivity index (χ2n) is 5.70. The molecule has 1 aliphatic rings. The average Bonchev–Trinajstić information content (AvgIpc) is 2.63. The fraction of sp³-hybridized carbons (Fsp3) is 0.316. The van der Waals surface area contributed by atoms with E-state index in [-0.39, 0.29) is 0 Å². The Kier molecular flexibility index (Phi) is 5.27. The van der Waals surface area contributed by atoms with Crippen molar-refractivity contribution in [3.63, 3.8) is 0 Å². The van der Waals surface area contributed by atoms with Crippen LogP contribution in [0.2, 0.25) is 0 Å². The van der Waals surface area contributed by atoms with Crippen LogP contribution in [0.1, 0.15) is 10.4 Å². The molecule has 0 spiro atoms. The highest BCUT2D eigenvalue weighted by atomic mass is 16.5. The fourth-order valence-corrected chi connectivity index (χ4v) is 2.84. The van der Waals surface area contributed by atoms with Crippen LogP contribution >= 0.6 is 0 Å². The minimum atomic E-state index is 0.646. The van der Waals surface area contributed by atoms with Crippen molar-refractivity contribution < 1.29 is 9.53 Å². The van der Waals surface area contributed by atoms with E-state index in [2.05, 4.69) is 40.1 Å². The first kappa shape index (κ1) is 15.6. The van der Waals surface area contributed by atoms with Crippen LogP contribution < -0.4 is 9.64 Å². The van der Waals surface area contributed by atoms with Crippen LogP contribution in [-0.2, 0) is 0 Å². The maximum atomic E-state index is 10.8. The van der Waals surface area contributed by atoms with Gasteiger partial charge in [-0.2, -0.15) is 0 Å². The fourth-order valence-electron chi connectivity index (χ4n) is 2.84. The number of hydrogen-bond acceptors (Lipinski definition) is 4. The average molecular weight is 310 g/mol. The van der Waals surface area contributed by atoms with Gasteiger partial charge in [-0.05, 0) is 24.3 Å². The third kappa shape index (κ3) is 4.33. The van der Waals surface area contributed by atoms with E-state index in [1.54, 1.807) is 12.1 Å². The second-order valence-corrected chi connectivity index (χ2v) is 5.70. The van der Waals surface area contributed by atoms with Gasteiger partial charge in [-0.1, -0.05) is 30.3 Å². The van der Waals surface area contributed by atoms with E-state index in [4.69, 9.17) is 4.74 Å². The van der Waals surface area contributed by atoms with Crippen molar-refractivity contribution in [1.29, 1.82) is 0 Å². The number of para-hydroxylation sites is 1. The third-order valence-electron chi connectivity index (χ3n) is 4.16. The number of ether oxygens (including phenoxy) is 1. The van der Waals surface area contributed by atoms with E-state index in [1.165, 1.54) is 5.69 Å². The Labute approximate surface area is 137 Å². The Morgan fingerprint density at radius 1 is 0.957 bits per heavy atom. The Morgan fingerprint density at radius 2 is 1.74 bits per heavy atom. The number of piperazine rings is 1. The zero-order valence-electron chi connectivity index (χ0n) is 13.2. The highest BCUT2D eigenvalue weighted by molar-refractivity contribution is 5.75. The SMILES string of the molecule is O=Cc1cccc(OCCN2CCN(c3ccccc3)CC2)c1. The molecule has 1 fully saturated rings. The highest BCUT2D eigenvalue weighted by Gasteiger charge is 2.16. The molecule has 0 amide bonds. The normalized spacial score (nSPS) is 15.4. The van der Waals surface area contributed by atoms with E-state index in [0.717, 1.165) is 44.8 Å². The van der Waals surface area contributed by atoms with Crippen LogP contribution in [-0.4, -0.2) is 50.5 Å². The molecular formula is C19H22N2O2. The summed E-state index contributed by atoms with van der Waals surface area (Å²) in [6.45, 7) is 5.75. The summed E-state index contributed by atoms with van der Waals surface area (Å²) in [5, 5.41) is 0. The summed E-state index contributed by atoms with van der Waals surface area (Å²) in [5.74, 6) is 0.762. The van der Waals surface area contributed by atoms with Gasteiger partial charge in [-0.25, -0.2) is 0 Å². The van der Waals surface area contributed by atoms with E-state index in [1.807, 2.05) is 12.1 Å². The van der Waals surface area contributed by atoms with Gasteiger partial charge in [-0.3, -0.25) is 9.69 Å². The molecular weight excluding hydrogens is 288 g/mol. The largest absolute Gasteiger partial charge is 0.492 e. The van der Waals surface area contributed by atoms with E-state index in [0.29, 0.717) is 12.2 Å². The number of carbonyl (C=O) groups excluding carboxylic acids is 1. The van der Waals surface area contributed by atoms with E-state index in [9.17, 15) is 4.79 Å². The predicted octanol–water partition coefficient (Wildman–Crippen LogP) is 2.70. The van der Waals surface area contributed by atoms with Crippen molar-refractivity contribution in [1.82, 2.24) is 4.90 Å². The van der Waals surface area contributed by atoms with Gasteiger partial charge in [0.25, 0.3) is 0 Å². The first-order valence-corrected chi connectivity index (χ1v) is 8.05. The molecule has 0 bridgehead atoms. The smallest absolute Gasteiger partial charge is 0.150 e. The molecule has 1 heterocycles. The molecule has 0 radical (unpaired) electrons. The molecule has 23 heavy (non-hydrogen) atoms. The number of aldehydes is 1. The summed E-state index contributed by atoms with van der Waals surface area (Å²) in [7, 11) is 0. The van der Waals surface area contributed by atoms with Crippen molar-refractivity contribution in [3.8, 4) is 5.75 Å². The standard InChI is InChI=1S/C19H22N2O2/c22-16-17-5-4-8-19(15-17)23-14-13-20-9-11-21(12-10-20)18-6-2-1-3-7-18/h1-8,15-16H,9-14H2. The van der Waals surface area contributed by atoms with Crippen LogP contribution in [0.5, 0.6) is 5.75 Å². The Bertz CT molecular complexity index is 622. The molecule has 1 aliphatic heterocycles. The maximum absolute atomic E-state index is 10.8. The zero-order valence-corrected chi connectivity index (χ0v) is 13.2. The monoisotopic (exact) mass is 310 g/mol. The summed E-state index contributed by atoms with van der Waals surface area (Å²) in [6.07, 6.45) is 0.843. The van der Waals surface area contributed by atoms with Crippen molar-refractivity contribution in [3.05, 3.63) is 60.2 Å². The van der Waals surface area contributed by atoms with Crippen molar-refractivity contribution >= 4 is 12.0 Å². The van der Waals surface area contributed by atoms with Gasteiger partial charge in [-0.15, -0.1) is 0 Å². The molecule has 2 aromatic rings. The van der Waals surface area contributed by atoms with Crippen molar-refractivity contribution in [2.45, 2.75) is 0 Å². The Hall–Kier alpha value is -2.33. The molecule has 0 unspecified atom stereocenters. The highest BCUT2D eigenvalue weighted by Crippen LogP contribution is 2.16. The Morgan fingerprint density at radius 3 is 2.48 bits per heavy atom. The molecule has 2 aromatic carbocycles. The van der Waals surface area contributed by atoms with Crippen LogP contribution in [0.3, 0.4) is 0 Å². The van der Waals surface area contributed by atoms with Gasteiger partial charge in [0.15, 0.2) is 0 Å². The number of rotatable bonds is 6. The van der Waals surface area contributed by atoms with Crippen LogP contribution in [0.25, 0.3) is 0 Å². The maximum Gasteiger partial charge on any atom is 0.150 e. The second kappa shape index (κ2) is 7.79. The molecule has 0 atom stereocenters. The minimum absolute atomic E-state index is 0.646. The van der Waals surface area contributed by atoms with Gasteiger partial charge >= 0.3 is 0 Å². The number of nitrogens with zero attached hydrogens (tertiary/aromatic N) is 2. The van der Waals surface area contributed by atoms with E-state index >= 15 is 0 Å². The van der Waals surface area contributed by atoms with Crippen LogP contribution in [0.15, 0.2) is 54.6 Å². The van der Waals surface area contributed by atoms with Crippen LogP contribution in [0, 0.1) is 0 Å². The predicted molar refractivity (Wildman–Crippen MR) is 92.4 cm³/mol. The molecule has 120 valence electrons. The van der Waals surface area contributed by atoms with Gasteiger partial charge in [0.1, 0.15) is 18.6 Å². The number of anilines is 1. The van der Waals surface area contributed by atoms with Gasteiger partial charge < -0.3 is 9.64 Å². The molecule has 4 nitrogen and oxygen atoms in total. The summed E-state index contributed by atoms with van der Waals surface area (Å²) in [5.41, 5.74) is 1.95. The number of hydrogen-bond donors (Lipinski definition) is 0. The summed E-state index contributed by atoms with van der Waals surface area (Å²) >= 11 is 0. The first-order valence-electron chi connectivity index (χ1n) is 8.05. The molecule has 4 heteroatoms. The lowest BCUT2D eigenvalue weighted by Gasteiger charge is -2.36. The molecule has 0 N–H and O–H groups in total. The van der Waals surface area contributed by atoms with Crippen molar-refractivity contribution in [2.75, 3.05) is 44.2 Å². The lowest BCUT2D eigenvalue weighted by Crippen LogP contribution is -2.47. The first-order chi connectivity index (χ1) is 11.3. The molecule has 0 aromatic heterocycles. The van der Waals surface area contributed by atoms with Gasteiger partial charge in [0, 0.05) is 44.0 Å².